The van der Waals surface area contributed by atoms with Crippen molar-refractivity contribution in [1.82, 2.24) is 4.98 Å². The number of para-hydroxylation sites is 1. The number of nitrogens with one attached hydrogen (secondary N) is 1. The number of carbonyl (C=O) groups excluding carboxylic acids is 1. The highest BCUT2D eigenvalue weighted by Crippen LogP contribution is 2.27. The summed E-state index contributed by atoms with van der Waals surface area (Å²) in [5.41, 5.74) is 7.63. The maximum atomic E-state index is 12.1. The Labute approximate surface area is 119 Å². The number of esters is 1. The second-order valence-electron chi connectivity index (χ2n) is 6.14. The Hall–Kier alpha value is -1.81. The molecule has 0 saturated heterocycles. The van der Waals surface area contributed by atoms with E-state index in [9.17, 15) is 4.79 Å². The van der Waals surface area contributed by atoms with E-state index in [-0.39, 0.29) is 11.9 Å². The van der Waals surface area contributed by atoms with Gasteiger partial charge in [-0.2, -0.15) is 0 Å². The molecule has 2 rings (SSSR count). The van der Waals surface area contributed by atoms with Gasteiger partial charge in [0.2, 0.25) is 0 Å². The van der Waals surface area contributed by atoms with Gasteiger partial charge in [-0.3, -0.25) is 4.79 Å². The van der Waals surface area contributed by atoms with E-state index in [0.717, 1.165) is 16.5 Å². The van der Waals surface area contributed by atoms with Crippen molar-refractivity contribution in [2.24, 2.45) is 5.73 Å². The van der Waals surface area contributed by atoms with E-state index >= 15 is 0 Å². The Bertz CT molecular complexity index is 610. The van der Waals surface area contributed by atoms with E-state index < -0.39 is 11.6 Å². The zero-order chi connectivity index (χ0) is 14.9. The van der Waals surface area contributed by atoms with Crippen molar-refractivity contribution in [1.29, 1.82) is 0 Å². The molecule has 2 atom stereocenters. The van der Waals surface area contributed by atoms with E-state index in [1.807, 2.05) is 58.2 Å². The summed E-state index contributed by atoms with van der Waals surface area (Å²) in [4.78, 5) is 15.3. The van der Waals surface area contributed by atoms with Crippen molar-refractivity contribution in [2.45, 2.75) is 45.3 Å². The van der Waals surface area contributed by atoms with Gasteiger partial charge < -0.3 is 15.5 Å². The molecule has 3 N–H and O–H groups in total. The molecule has 0 aliphatic carbocycles. The normalized spacial score (nSPS) is 15.1. The summed E-state index contributed by atoms with van der Waals surface area (Å²) in [6.45, 7) is 7.47. The molecule has 0 spiro atoms. The van der Waals surface area contributed by atoms with Gasteiger partial charge >= 0.3 is 5.97 Å². The lowest BCUT2D eigenvalue weighted by Gasteiger charge is -2.25. The van der Waals surface area contributed by atoms with Crippen LogP contribution in [-0.2, 0) is 9.53 Å². The van der Waals surface area contributed by atoms with Crippen molar-refractivity contribution in [3.05, 3.63) is 36.0 Å². The predicted molar refractivity (Wildman–Crippen MR) is 80.5 cm³/mol. The standard InChI is InChI=1S/C16H22N2O2/c1-10(14(17)15(19)20-16(2,3)4)12-9-18-13-8-6-5-7-11(12)13/h5-10,14,18H,17H2,1-4H3/t10-,14-/m0/s1. The van der Waals surface area contributed by atoms with Crippen molar-refractivity contribution >= 4 is 16.9 Å². The van der Waals surface area contributed by atoms with Crippen LogP contribution in [0.5, 0.6) is 0 Å². The van der Waals surface area contributed by atoms with Crippen LogP contribution in [0.25, 0.3) is 10.9 Å². The Morgan fingerprint density at radius 3 is 2.60 bits per heavy atom. The van der Waals surface area contributed by atoms with Crippen LogP contribution in [0.1, 0.15) is 39.2 Å². The van der Waals surface area contributed by atoms with Crippen molar-refractivity contribution < 1.29 is 9.53 Å². The number of hydrogen-bond acceptors (Lipinski definition) is 3. The Morgan fingerprint density at radius 1 is 1.30 bits per heavy atom. The lowest BCUT2D eigenvalue weighted by molar-refractivity contribution is -0.156. The van der Waals surface area contributed by atoms with Crippen LogP contribution in [0.4, 0.5) is 0 Å². The Kier molecular flexibility index (Phi) is 3.86. The maximum Gasteiger partial charge on any atom is 0.324 e. The molecule has 0 bridgehead atoms. The number of nitrogens with two attached hydrogens (primary N) is 1. The second-order valence-corrected chi connectivity index (χ2v) is 6.14. The average Bonchev–Trinajstić information content (AvgIpc) is 2.78. The van der Waals surface area contributed by atoms with E-state index in [0.29, 0.717) is 0 Å². The molecule has 0 aliphatic rings. The number of H-pyrrole nitrogens is 1. The van der Waals surface area contributed by atoms with E-state index in [1.54, 1.807) is 0 Å². The molecule has 2 aromatic rings. The molecule has 0 amide bonds. The lowest BCUT2D eigenvalue weighted by atomic mass is 9.93. The van der Waals surface area contributed by atoms with Gasteiger partial charge in [0.15, 0.2) is 0 Å². The smallest absolute Gasteiger partial charge is 0.324 e. The molecule has 108 valence electrons. The minimum atomic E-state index is -0.673. The van der Waals surface area contributed by atoms with Crippen LogP contribution in [0, 0.1) is 0 Å². The topological polar surface area (TPSA) is 68.1 Å². The Morgan fingerprint density at radius 2 is 1.95 bits per heavy atom. The minimum absolute atomic E-state index is 0.110. The summed E-state index contributed by atoms with van der Waals surface area (Å²) >= 11 is 0. The summed E-state index contributed by atoms with van der Waals surface area (Å²) in [6, 6.07) is 7.31. The molecule has 1 aromatic heterocycles. The van der Waals surface area contributed by atoms with Gasteiger partial charge in [-0.25, -0.2) is 0 Å². The van der Waals surface area contributed by atoms with Crippen LogP contribution >= 0.6 is 0 Å². The van der Waals surface area contributed by atoms with Crippen LogP contribution < -0.4 is 5.73 Å². The highest BCUT2D eigenvalue weighted by molar-refractivity contribution is 5.85. The zero-order valence-corrected chi connectivity index (χ0v) is 12.4. The van der Waals surface area contributed by atoms with E-state index in [2.05, 4.69) is 4.98 Å². The van der Waals surface area contributed by atoms with Gasteiger partial charge in [0, 0.05) is 23.0 Å². The van der Waals surface area contributed by atoms with Crippen LogP contribution in [0.2, 0.25) is 0 Å². The molecule has 1 aromatic carbocycles. The largest absolute Gasteiger partial charge is 0.459 e. The number of hydrogen-bond donors (Lipinski definition) is 2. The average molecular weight is 274 g/mol. The van der Waals surface area contributed by atoms with Gasteiger partial charge in [-0.15, -0.1) is 0 Å². The highest BCUT2D eigenvalue weighted by Gasteiger charge is 2.28. The molecular formula is C16H22N2O2. The van der Waals surface area contributed by atoms with Crippen molar-refractivity contribution in [3.8, 4) is 0 Å². The number of benzene rings is 1. The fraction of sp³-hybridized carbons (Fsp3) is 0.438. The summed E-state index contributed by atoms with van der Waals surface area (Å²) in [7, 11) is 0. The number of aromatic nitrogens is 1. The van der Waals surface area contributed by atoms with Crippen LogP contribution in [0.15, 0.2) is 30.5 Å². The maximum absolute atomic E-state index is 12.1. The van der Waals surface area contributed by atoms with Crippen LogP contribution in [0.3, 0.4) is 0 Å². The van der Waals surface area contributed by atoms with Crippen LogP contribution in [-0.4, -0.2) is 22.6 Å². The SMILES string of the molecule is C[C@@H](c1c[nH]c2ccccc12)[C@H](N)C(=O)OC(C)(C)C. The molecule has 4 nitrogen and oxygen atoms in total. The summed E-state index contributed by atoms with van der Waals surface area (Å²) in [5.74, 6) is -0.476. The molecule has 20 heavy (non-hydrogen) atoms. The highest BCUT2D eigenvalue weighted by atomic mass is 16.6. The zero-order valence-electron chi connectivity index (χ0n) is 12.4. The first-order valence-electron chi connectivity index (χ1n) is 6.84. The first kappa shape index (κ1) is 14.6. The fourth-order valence-corrected chi connectivity index (χ4v) is 2.24. The van der Waals surface area contributed by atoms with Crippen molar-refractivity contribution in [2.75, 3.05) is 0 Å². The van der Waals surface area contributed by atoms with Gasteiger partial charge in [0.25, 0.3) is 0 Å². The van der Waals surface area contributed by atoms with E-state index in [1.165, 1.54) is 0 Å². The van der Waals surface area contributed by atoms with Crippen molar-refractivity contribution in [3.63, 3.8) is 0 Å². The molecule has 0 unspecified atom stereocenters. The van der Waals surface area contributed by atoms with Gasteiger partial charge in [-0.1, -0.05) is 25.1 Å². The number of fused-ring (bicyclic) bond motifs is 1. The number of carbonyl (C=O) groups is 1. The number of ether oxygens (including phenoxy) is 1. The molecule has 1 heterocycles. The number of rotatable bonds is 3. The Balaban J connectivity index is 2.22. The molecule has 0 saturated carbocycles. The third kappa shape index (κ3) is 3.02. The fourth-order valence-electron chi connectivity index (χ4n) is 2.24. The monoisotopic (exact) mass is 274 g/mol. The quantitative estimate of drug-likeness (QED) is 0.846. The van der Waals surface area contributed by atoms with Gasteiger partial charge in [0.05, 0.1) is 0 Å². The third-order valence-electron chi connectivity index (χ3n) is 3.33. The predicted octanol–water partition coefficient (Wildman–Crippen LogP) is 2.94. The van der Waals surface area contributed by atoms with Gasteiger partial charge in [0.1, 0.15) is 11.6 Å². The summed E-state index contributed by atoms with van der Waals surface area (Å²) in [5, 5.41) is 1.10. The molecule has 0 radical (unpaired) electrons. The molecule has 0 fully saturated rings. The van der Waals surface area contributed by atoms with Gasteiger partial charge in [-0.05, 0) is 32.4 Å². The minimum Gasteiger partial charge on any atom is -0.459 e. The molecule has 4 heteroatoms. The summed E-state index contributed by atoms with van der Waals surface area (Å²) < 4.78 is 5.36. The lowest BCUT2D eigenvalue weighted by Crippen LogP contribution is -2.40. The number of aromatic amines is 1. The molecular weight excluding hydrogens is 252 g/mol. The first-order valence-corrected chi connectivity index (χ1v) is 6.84. The second kappa shape index (κ2) is 5.29. The first-order chi connectivity index (χ1) is 9.29. The third-order valence-corrected chi connectivity index (χ3v) is 3.33. The van der Waals surface area contributed by atoms with E-state index in [4.69, 9.17) is 10.5 Å². The summed E-state index contributed by atoms with van der Waals surface area (Å²) in [6.07, 6.45) is 1.92. The molecule has 0 aliphatic heterocycles.